The Hall–Kier alpha value is -0.150. The van der Waals surface area contributed by atoms with E-state index in [0.717, 1.165) is 4.99 Å². The number of likely N-dealkylation sites (tertiary alicyclic amines) is 1. The Morgan fingerprint density at radius 1 is 1.73 bits per heavy atom. The van der Waals surface area contributed by atoms with Crippen molar-refractivity contribution < 1.29 is 6.48 Å². The first-order chi connectivity index (χ1) is 5.34. The van der Waals surface area contributed by atoms with Gasteiger partial charge in [0.2, 0.25) is 0 Å². The molecule has 1 saturated heterocycles. The first-order valence-electron chi connectivity index (χ1n) is 4.33. The molecule has 0 saturated carbocycles. The summed E-state index contributed by atoms with van der Waals surface area (Å²) in [5.74, 6) is 0. The van der Waals surface area contributed by atoms with Crippen LogP contribution in [0.25, 0.3) is 0 Å². The van der Waals surface area contributed by atoms with E-state index >= 15 is 0 Å². The van der Waals surface area contributed by atoms with Gasteiger partial charge in [-0.25, -0.2) is 0 Å². The van der Waals surface area contributed by atoms with E-state index in [0.29, 0.717) is 6.54 Å². The Labute approximate surface area is 74.6 Å². The molecule has 1 heterocycles. The fourth-order valence-electron chi connectivity index (χ4n) is 0.961. The van der Waals surface area contributed by atoms with Crippen LogP contribution in [0.5, 0.6) is 0 Å². The van der Waals surface area contributed by atoms with E-state index in [1.54, 1.807) is 4.90 Å². The lowest BCUT2D eigenvalue weighted by molar-refractivity contribution is 0.0435. The molecule has 1 fully saturated rings. The molecule has 11 heavy (non-hydrogen) atoms. The highest BCUT2D eigenvalue weighted by Crippen LogP contribution is 2.22. The van der Waals surface area contributed by atoms with Crippen molar-refractivity contribution in [1.82, 2.24) is 4.90 Å². The second-order valence-corrected chi connectivity index (χ2v) is 4.31. The van der Waals surface area contributed by atoms with E-state index in [1.165, 1.54) is 0 Å². The zero-order valence-electron chi connectivity index (χ0n) is 8.16. The SMILES string of the molecule is [2H][C@H]1[C@@H](O)CN1C(=S)C(C)(C)C. The fraction of sp³-hybridized carbons (Fsp3) is 0.875. The van der Waals surface area contributed by atoms with E-state index < -0.39 is 12.6 Å². The molecule has 0 aromatic heterocycles. The molecule has 2 nitrogen and oxygen atoms in total. The molecule has 0 unspecified atom stereocenters. The highest BCUT2D eigenvalue weighted by Gasteiger charge is 2.31. The summed E-state index contributed by atoms with van der Waals surface area (Å²) < 4.78 is 7.48. The number of β-amino-alcohol motifs (C(OH)–C–C–N with tert-alkyl or cyclic N) is 1. The number of aliphatic hydroxyl groups excluding tert-OH is 1. The average Bonchev–Trinajstić information content (AvgIpc) is 1.96. The second-order valence-electron chi connectivity index (χ2n) is 3.92. The van der Waals surface area contributed by atoms with Gasteiger partial charge in [-0.05, 0) is 0 Å². The minimum absolute atomic E-state index is 0.0746. The first kappa shape index (κ1) is 7.50. The zero-order chi connectivity index (χ0) is 9.52. The van der Waals surface area contributed by atoms with E-state index in [2.05, 4.69) is 0 Å². The van der Waals surface area contributed by atoms with Gasteiger partial charge >= 0.3 is 0 Å². The molecule has 1 N–H and O–H groups in total. The summed E-state index contributed by atoms with van der Waals surface area (Å²) in [6.45, 7) is 6.04. The molecule has 3 heteroatoms. The molecule has 1 aliphatic rings. The number of rotatable bonds is 0. The number of thiocarbonyl (C=S) groups is 1. The van der Waals surface area contributed by atoms with Crippen molar-refractivity contribution in [2.75, 3.05) is 13.1 Å². The van der Waals surface area contributed by atoms with Gasteiger partial charge in [-0.2, -0.15) is 0 Å². The van der Waals surface area contributed by atoms with Crippen molar-refractivity contribution in [3.63, 3.8) is 0 Å². The van der Waals surface area contributed by atoms with Crippen LogP contribution in [0.15, 0.2) is 0 Å². The molecule has 0 amide bonds. The predicted molar refractivity (Wildman–Crippen MR) is 49.6 cm³/mol. The van der Waals surface area contributed by atoms with Crippen molar-refractivity contribution in [1.29, 1.82) is 0 Å². The Balaban J connectivity index is 2.57. The topological polar surface area (TPSA) is 23.5 Å². The van der Waals surface area contributed by atoms with Crippen molar-refractivity contribution in [3.05, 3.63) is 0 Å². The summed E-state index contributed by atoms with van der Waals surface area (Å²) in [5.41, 5.74) is -0.0746. The summed E-state index contributed by atoms with van der Waals surface area (Å²) >= 11 is 5.19. The minimum atomic E-state index is -0.545. The Morgan fingerprint density at radius 2 is 2.27 bits per heavy atom. The molecular weight excluding hydrogens is 158 g/mol. The summed E-state index contributed by atoms with van der Waals surface area (Å²) in [4.78, 5) is 2.54. The minimum Gasteiger partial charge on any atom is -0.389 e. The van der Waals surface area contributed by atoms with Gasteiger partial charge in [-0.15, -0.1) is 0 Å². The molecule has 1 rings (SSSR count). The van der Waals surface area contributed by atoms with Gasteiger partial charge in [0, 0.05) is 18.5 Å². The van der Waals surface area contributed by atoms with Crippen LogP contribution in [-0.4, -0.2) is 34.2 Å². The van der Waals surface area contributed by atoms with Crippen molar-refractivity contribution in [2.45, 2.75) is 26.9 Å². The first-order valence-corrected chi connectivity index (χ1v) is 4.16. The monoisotopic (exact) mass is 174 g/mol. The predicted octanol–water partition coefficient (Wildman–Crippen LogP) is 1.04. The van der Waals surface area contributed by atoms with Crippen LogP contribution in [0, 0.1) is 5.41 Å². The van der Waals surface area contributed by atoms with Crippen LogP contribution >= 0.6 is 12.2 Å². The molecule has 64 valence electrons. The van der Waals surface area contributed by atoms with E-state index in [9.17, 15) is 0 Å². The third kappa shape index (κ3) is 1.91. The highest BCUT2D eigenvalue weighted by molar-refractivity contribution is 7.80. The maximum absolute atomic E-state index is 9.11. The fourth-order valence-corrected chi connectivity index (χ4v) is 1.10. The summed E-state index contributed by atoms with van der Waals surface area (Å²) in [6, 6.07) is 0. The number of hydrogen-bond donors (Lipinski definition) is 1. The van der Waals surface area contributed by atoms with Crippen LogP contribution in [-0.2, 0) is 0 Å². The van der Waals surface area contributed by atoms with E-state index in [1.807, 2.05) is 20.8 Å². The zero-order valence-corrected chi connectivity index (χ0v) is 7.98. The summed E-state index contributed by atoms with van der Waals surface area (Å²) in [6.07, 6.45) is -0.523. The number of aliphatic hydroxyl groups is 1. The lowest BCUT2D eigenvalue weighted by Crippen LogP contribution is -2.55. The normalized spacial score (nSPS) is 32.7. The lowest BCUT2D eigenvalue weighted by Gasteiger charge is -2.42. The maximum atomic E-state index is 9.11. The molecule has 1 aliphatic heterocycles. The van der Waals surface area contributed by atoms with Crippen LogP contribution in [0.3, 0.4) is 0 Å². The standard InChI is InChI=1S/C8H15NOS/c1-8(2,3)7(11)9-4-6(10)5-9/h6,10H,4-5H2,1-3H3/i4D/t4-,6+/m0/s1. The summed E-state index contributed by atoms with van der Waals surface area (Å²) in [7, 11) is 0. The molecule has 0 aromatic carbocycles. The van der Waals surface area contributed by atoms with Gasteiger partial charge in [-0.1, -0.05) is 33.0 Å². The van der Waals surface area contributed by atoms with Gasteiger partial charge in [0.25, 0.3) is 0 Å². The van der Waals surface area contributed by atoms with Gasteiger partial charge in [0.05, 0.1) is 12.5 Å². The van der Waals surface area contributed by atoms with Crippen molar-refractivity contribution in [3.8, 4) is 0 Å². The Bertz CT molecular complexity index is 202. The molecule has 0 spiro atoms. The van der Waals surface area contributed by atoms with Crippen LogP contribution in [0.4, 0.5) is 0 Å². The third-order valence-electron chi connectivity index (χ3n) is 1.64. The lowest BCUT2D eigenvalue weighted by atomic mass is 9.94. The van der Waals surface area contributed by atoms with E-state index in [4.69, 9.17) is 18.7 Å². The molecule has 0 aromatic rings. The average molecular weight is 174 g/mol. The Kier molecular flexibility index (Phi) is 1.85. The van der Waals surface area contributed by atoms with E-state index in [-0.39, 0.29) is 5.41 Å². The maximum Gasteiger partial charge on any atom is 0.0889 e. The largest absolute Gasteiger partial charge is 0.389 e. The second kappa shape index (κ2) is 2.72. The highest BCUT2D eigenvalue weighted by atomic mass is 32.1. The van der Waals surface area contributed by atoms with Crippen LogP contribution < -0.4 is 0 Å². The molecular formula is C8H15NOS. The van der Waals surface area contributed by atoms with Gasteiger partial charge in [0.1, 0.15) is 0 Å². The van der Waals surface area contributed by atoms with Crippen molar-refractivity contribution >= 4 is 17.2 Å². The molecule has 0 radical (unpaired) electrons. The van der Waals surface area contributed by atoms with Crippen LogP contribution in [0.1, 0.15) is 22.1 Å². The van der Waals surface area contributed by atoms with Gasteiger partial charge in [-0.3, -0.25) is 0 Å². The third-order valence-corrected chi connectivity index (χ3v) is 2.49. The van der Waals surface area contributed by atoms with Gasteiger partial charge in [0.15, 0.2) is 0 Å². The van der Waals surface area contributed by atoms with Gasteiger partial charge < -0.3 is 10.0 Å². The number of hydrogen-bond acceptors (Lipinski definition) is 2. The van der Waals surface area contributed by atoms with Crippen LogP contribution in [0.2, 0.25) is 0 Å². The van der Waals surface area contributed by atoms with Crippen molar-refractivity contribution in [2.24, 2.45) is 5.41 Å². The molecule has 0 aliphatic carbocycles. The quantitative estimate of drug-likeness (QED) is 0.555. The number of nitrogens with zero attached hydrogens (tertiary/aromatic N) is 1. The molecule has 2 atom stereocenters. The summed E-state index contributed by atoms with van der Waals surface area (Å²) in [5, 5.41) is 9.11. The smallest absolute Gasteiger partial charge is 0.0889 e. The molecule has 0 bridgehead atoms. The Morgan fingerprint density at radius 3 is 2.55 bits per heavy atom.